The predicted octanol–water partition coefficient (Wildman–Crippen LogP) is 1.80. The first kappa shape index (κ1) is 21.4. The number of amides is 3. The second kappa shape index (κ2) is 9.34. The van der Waals surface area contributed by atoms with Crippen molar-refractivity contribution in [3.63, 3.8) is 0 Å². The van der Waals surface area contributed by atoms with Crippen LogP contribution in [0.4, 0.5) is 10.5 Å². The van der Waals surface area contributed by atoms with Crippen LogP contribution in [0.5, 0.6) is 0 Å². The molecular formula is C19H24N4O4S. The van der Waals surface area contributed by atoms with Crippen molar-refractivity contribution in [2.75, 3.05) is 5.32 Å². The SMILES string of the molecule is CC(C)[C@@H](NC(=O)Nc1ccccc1)C(=O)NCc1ccc(S(N)(=O)=O)cc1. The molecule has 8 nitrogen and oxygen atoms in total. The Morgan fingerprint density at radius 1 is 1.00 bits per heavy atom. The predicted molar refractivity (Wildman–Crippen MR) is 107 cm³/mol. The smallest absolute Gasteiger partial charge is 0.319 e. The van der Waals surface area contributed by atoms with E-state index in [1.54, 1.807) is 36.4 Å². The van der Waals surface area contributed by atoms with Gasteiger partial charge in [0.05, 0.1) is 4.90 Å². The molecule has 3 amide bonds. The van der Waals surface area contributed by atoms with Crippen molar-refractivity contribution < 1.29 is 18.0 Å². The van der Waals surface area contributed by atoms with Gasteiger partial charge in [-0.3, -0.25) is 4.79 Å². The standard InChI is InChI=1S/C19H24N4O4S/c1-13(2)17(23-19(25)22-15-6-4-3-5-7-15)18(24)21-12-14-8-10-16(11-9-14)28(20,26)27/h3-11,13,17H,12H2,1-2H3,(H,21,24)(H2,20,26,27)(H2,22,23,25)/t17-/m1/s1. The molecule has 0 spiro atoms. The molecule has 0 aromatic heterocycles. The Morgan fingerprint density at radius 2 is 1.61 bits per heavy atom. The number of urea groups is 1. The summed E-state index contributed by atoms with van der Waals surface area (Å²) in [5.74, 6) is -0.472. The lowest BCUT2D eigenvalue weighted by Crippen LogP contribution is -2.50. The molecule has 0 aliphatic carbocycles. The summed E-state index contributed by atoms with van der Waals surface area (Å²) in [6.07, 6.45) is 0. The van der Waals surface area contributed by atoms with E-state index in [9.17, 15) is 18.0 Å². The molecule has 0 unspecified atom stereocenters. The number of rotatable bonds is 7. The van der Waals surface area contributed by atoms with Crippen LogP contribution in [-0.4, -0.2) is 26.4 Å². The Balaban J connectivity index is 1.94. The highest BCUT2D eigenvalue weighted by atomic mass is 32.2. The van der Waals surface area contributed by atoms with Gasteiger partial charge >= 0.3 is 6.03 Å². The number of anilines is 1. The minimum atomic E-state index is -3.76. The van der Waals surface area contributed by atoms with E-state index >= 15 is 0 Å². The highest BCUT2D eigenvalue weighted by Gasteiger charge is 2.24. The number of sulfonamides is 1. The Labute approximate surface area is 164 Å². The number of para-hydroxylation sites is 1. The van der Waals surface area contributed by atoms with Crippen molar-refractivity contribution in [1.82, 2.24) is 10.6 Å². The molecule has 0 bridgehead atoms. The maximum absolute atomic E-state index is 12.5. The molecule has 0 heterocycles. The van der Waals surface area contributed by atoms with Gasteiger partial charge in [-0.15, -0.1) is 0 Å². The molecule has 9 heteroatoms. The van der Waals surface area contributed by atoms with E-state index in [-0.39, 0.29) is 23.3 Å². The molecule has 0 radical (unpaired) electrons. The largest absolute Gasteiger partial charge is 0.350 e. The van der Waals surface area contributed by atoms with Gasteiger partial charge in [-0.2, -0.15) is 0 Å². The molecule has 28 heavy (non-hydrogen) atoms. The molecule has 1 atom stereocenters. The number of hydrogen-bond acceptors (Lipinski definition) is 4. The summed E-state index contributed by atoms with van der Waals surface area (Å²) < 4.78 is 22.5. The fourth-order valence-corrected chi connectivity index (χ4v) is 2.98. The third-order valence-electron chi connectivity index (χ3n) is 3.99. The number of primary sulfonamides is 1. The van der Waals surface area contributed by atoms with E-state index in [0.717, 1.165) is 0 Å². The van der Waals surface area contributed by atoms with E-state index in [4.69, 9.17) is 5.14 Å². The average Bonchev–Trinajstić information content (AvgIpc) is 2.64. The highest BCUT2D eigenvalue weighted by Crippen LogP contribution is 2.10. The van der Waals surface area contributed by atoms with Gasteiger partial charge < -0.3 is 16.0 Å². The molecule has 2 aromatic rings. The van der Waals surface area contributed by atoms with Gasteiger partial charge in [0.25, 0.3) is 0 Å². The third kappa shape index (κ3) is 6.36. The maximum atomic E-state index is 12.5. The summed E-state index contributed by atoms with van der Waals surface area (Å²) >= 11 is 0. The van der Waals surface area contributed by atoms with Crippen molar-refractivity contribution in [1.29, 1.82) is 0 Å². The van der Waals surface area contributed by atoms with Crippen molar-refractivity contribution in [2.24, 2.45) is 11.1 Å². The van der Waals surface area contributed by atoms with Crippen LogP contribution in [0.2, 0.25) is 0 Å². The van der Waals surface area contributed by atoms with Crippen molar-refractivity contribution in [3.8, 4) is 0 Å². The number of benzene rings is 2. The van der Waals surface area contributed by atoms with Crippen molar-refractivity contribution >= 4 is 27.6 Å². The molecular weight excluding hydrogens is 380 g/mol. The zero-order valence-corrected chi connectivity index (χ0v) is 16.5. The van der Waals surface area contributed by atoms with E-state index < -0.39 is 22.1 Å². The fourth-order valence-electron chi connectivity index (χ4n) is 2.46. The van der Waals surface area contributed by atoms with Crippen LogP contribution in [0.1, 0.15) is 19.4 Å². The molecule has 2 aromatic carbocycles. The second-order valence-electron chi connectivity index (χ2n) is 6.59. The zero-order chi connectivity index (χ0) is 20.7. The molecule has 0 aliphatic heterocycles. The summed E-state index contributed by atoms with van der Waals surface area (Å²) in [6.45, 7) is 3.84. The Bertz CT molecular complexity index is 913. The Morgan fingerprint density at radius 3 is 2.14 bits per heavy atom. The molecule has 2 rings (SSSR count). The van der Waals surface area contributed by atoms with E-state index in [1.165, 1.54) is 12.1 Å². The third-order valence-corrected chi connectivity index (χ3v) is 4.92. The van der Waals surface area contributed by atoms with Gasteiger partial charge in [-0.1, -0.05) is 44.2 Å². The van der Waals surface area contributed by atoms with Crippen LogP contribution in [0.15, 0.2) is 59.5 Å². The number of nitrogens with one attached hydrogen (secondary N) is 3. The summed E-state index contributed by atoms with van der Waals surface area (Å²) in [6, 6.07) is 13.6. The van der Waals surface area contributed by atoms with Crippen LogP contribution in [0.25, 0.3) is 0 Å². The van der Waals surface area contributed by atoms with Crippen LogP contribution in [-0.2, 0) is 21.4 Å². The first-order chi connectivity index (χ1) is 13.2. The van der Waals surface area contributed by atoms with Gasteiger partial charge in [0.1, 0.15) is 6.04 Å². The average molecular weight is 404 g/mol. The van der Waals surface area contributed by atoms with Crippen LogP contribution in [0.3, 0.4) is 0 Å². The van der Waals surface area contributed by atoms with Crippen molar-refractivity contribution in [2.45, 2.75) is 31.3 Å². The van der Waals surface area contributed by atoms with Crippen LogP contribution >= 0.6 is 0 Å². The first-order valence-electron chi connectivity index (χ1n) is 8.69. The Hall–Kier alpha value is -2.91. The molecule has 0 saturated carbocycles. The molecule has 5 N–H and O–H groups in total. The summed E-state index contributed by atoms with van der Waals surface area (Å²) in [7, 11) is -3.76. The number of carbonyl (C=O) groups excluding carboxylic acids is 2. The lowest BCUT2D eigenvalue weighted by Gasteiger charge is -2.22. The lowest BCUT2D eigenvalue weighted by atomic mass is 10.0. The second-order valence-corrected chi connectivity index (χ2v) is 8.15. The number of hydrogen-bond donors (Lipinski definition) is 4. The molecule has 150 valence electrons. The maximum Gasteiger partial charge on any atom is 0.319 e. The molecule has 0 fully saturated rings. The normalized spacial score (nSPS) is 12.3. The summed E-state index contributed by atoms with van der Waals surface area (Å²) in [4.78, 5) is 24.7. The summed E-state index contributed by atoms with van der Waals surface area (Å²) in [5, 5.41) is 13.2. The number of nitrogens with two attached hydrogens (primary N) is 1. The zero-order valence-electron chi connectivity index (χ0n) is 15.7. The van der Waals surface area contributed by atoms with Gasteiger partial charge in [-0.25, -0.2) is 18.4 Å². The van der Waals surface area contributed by atoms with E-state index in [0.29, 0.717) is 11.3 Å². The van der Waals surface area contributed by atoms with E-state index in [2.05, 4.69) is 16.0 Å². The van der Waals surface area contributed by atoms with Gasteiger partial charge in [0.15, 0.2) is 0 Å². The minimum absolute atomic E-state index is 0.00174. The Kier molecular flexibility index (Phi) is 7.13. The van der Waals surface area contributed by atoms with Crippen molar-refractivity contribution in [3.05, 3.63) is 60.2 Å². The van der Waals surface area contributed by atoms with Gasteiger partial charge in [-0.05, 0) is 35.7 Å². The quantitative estimate of drug-likeness (QED) is 0.560. The minimum Gasteiger partial charge on any atom is -0.350 e. The molecule has 0 saturated heterocycles. The monoisotopic (exact) mass is 404 g/mol. The first-order valence-corrected chi connectivity index (χ1v) is 10.2. The molecule has 0 aliphatic rings. The number of carbonyl (C=O) groups is 2. The van der Waals surface area contributed by atoms with Crippen LogP contribution < -0.4 is 21.1 Å². The van der Waals surface area contributed by atoms with Gasteiger partial charge in [0, 0.05) is 12.2 Å². The summed E-state index contributed by atoms with van der Waals surface area (Å²) in [5.41, 5.74) is 1.33. The van der Waals surface area contributed by atoms with Crippen LogP contribution in [0, 0.1) is 5.92 Å². The lowest BCUT2D eigenvalue weighted by molar-refractivity contribution is -0.124. The fraction of sp³-hybridized carbons (Fsp3) is 0.263. The highest BCUT2D eigenvalue weighted by molar-refractivity contribution is 7.89. The van der Waals surface area contributed by atoms with Gasteiger partial charge in [0.2, 0.25) is 15.9 Å². The van der Waals surface area contributed by atoms with E-state index in [1.807, 2.05) is 19.9 Å². The topological polar surface area (TPSA) is 130 Å².